The van der Waals surface area contributed by atoms with Crippen LogP contribution in [-0.4, -0.2) is 85.2 Å². The molecule has 2 aliphatic heterocycles. The summed E-state index contributed by atoms with van der Waals surface area (Å²) in [5.74, 6) is 0.823. The van der Waals surface area contributed by atoms with Gasteiger partial charge in [-0.25, -0.2) is 0 Å². The van der Waals surface area contributed by atoms with Crippen LogP contribution in [0.1, 0.15) is 79.6 Å². The Kier molecular flexibility index (Phi) is 10.5. The number of piperidine rings is 2. The molecular formula is C27H53ClN4O2. The summed E-state index contributed by atoms with van der Waals surface area (Å²) in [6.07, 6.45) is 7.87. The molecule has 0 aromatic rings. The lowest BCUT2D eigenvalue weighted by molar-refractivity contribution is -0.170. The first kappa shape index (κ1) is 28.6. The molecule has 200 valence electrons. The van der Waals surface area contributed by atoms with E-state index < -0.39 is 5.60 Å². The average molecular weight is 501 g/mol. The maximum absolute atomic E-state index is 12.0. The van der Waals surface area contributed by atoms with Gasteiger partial charge in [0.05, 0.1) is 23.2 Å². The molecule has 0 radical (unpaired) electrons. The molecule has 3 rings (SSSR count). The average Bonchev–Trinajstić information content (AvgIpc) is 2.79. The summed E-state index contributed by atoms with van der Waals surface area (Å²) in [6.45, 7) is 16.3. The summed E-state index contributed by atoms with van der Waals surface area (Å²) < 4.78 is 5.66. The zero-order chi connectivity index (χ0) is 24.9. The lowest BCUT2D eigenvalue weighted by Crippen LogP contribution is -2.63. The van der Waals surface area contributed by atoms with Crippen LogP contribution in [0.3, 0.4) is 0 Å². The zero-order valence-corrected chi connectivity index (χ0v) is 23.5. The third-order valence-electron chi connectivity index (χ3n) is 9.11. The largest absolute Gasteiger partial charge is 0.389 e. The molecule has 0 aromatic heterocycles. The number of hydrogen-bond donors (Lipinski definition) is 4. The second-order valence-electron chi connectivity index (χ2n) is 12.3. The molecule has 0 spiro atoms. The number of methoxy groups -OCH3 is 1. The highest BCUT2D eigenvalue weighted by Gasteiger charge is 2.53. The van der Waals surface area contributed by atoms with E-state index in [9.17, 15) is 5.11 Å². The van der Waals surface area contributed by atoms with Gasteiger partial charge in [0.2, 0.25) is 0 Å². The van der Waals surface area contributed by atoms with Crippen molar-refractivity contribution in [1.82, 2.24) is 20.9 Å². The molecule has 1 aliphatic carbocycles. The van der Waals surface area contributed by atoms with Crippen molar-refractivity contribution in [3.8, 4) is 0 Å². The van der Waals surface area contributed by atoms with Crippen LogP contribution in [0.25, 0.3) is 0 Å². The molecule has 2 heterocycles. The highest BCUT2D eigenvalue weighted by molar-refractivity contribution is 6.21. The summed E-state index contributed by atoms with van der Waals surface area (Å²) >= 11 is 6.49. The van der Waals surface area contributed by atoms with Crippen molar-refractivity contribution >= 4 is 11.6 Å². The number of hydrogen-bond acceptors (Lipinski definition) is 6. The summed E-state index contributed by atoms with van der Waals surface area (Å²) in [6, 6.07) is 0.987. The molecule has 6 nitrogen and oxygen atoms in total. The Balaban J connectivity index is 1.55. The molecule has 0 aromatic carbocycles. The Hall–Kier alpha value is 0.0500. The van der Waals surface area contributed by atoms with Gasteiger partial charge >= 0.3 is 0 Å². The predicted octanol–water partition coefficient (Wildman–Crippen LogP) is 3.56. The number of likely N-dealkylation sites (tertiary alicyclic amines) is 1. The van der Waals surface area contributed by atoms with Gasteiger partial charge in [-0.15, -0.1) is 11.6 Å². The molecule has 6 unspecified atom stereocenters. The molecule has 2 saturated heterocycles. The smallest absolute Gasteiger partial charge is 0.0751 e. The van der Waals surface area contributed by atoms with Gasteiger partial charge in [0.1, 0.15) is 0 Å². The number of rotatable bonds is 10. The predicted molar refractivity (Wildman–Crippen MR) is 142 cm³/mol. The minimum absolute atomic E-state index is 0.0494. The third kappa shape index (κ3) is 6.87. The fourth-order valence-corrected chi connectivity index (χ4v) is 7.13. The first-order valence-corrected chi connectivity index (χ1v) is 14.4. The van der Waals surface area contributed by atoms with Crippen molar-refractivity contribution in [3.63, 3.8) is 0 Å². The van der Waals surface area contributed by atoms with E-state index in [2.05, 4.69) is 55.5 Å². The molecule has 34 heavy (non-hydrogen) atoms. The van der Waals surface area contributed by atoms with E-state index in [0.717, 1.165) is 58.4 Å². The lowest BCUT2D eigenvalue weighted by Gasteiger charge is -2.56. The van der Waals surface area contributed by atoms with Crippen LogP contribution < -0.4 is 16.0 Å². The van der Waals surface area contributed by atoms with E-state index in [1.807, 2.05) is 0 Å². The highest BCUT2D eigenvalue weighted by Crippen LogP contribution is 2.49. The van der Waals surface area contributed by atoms with Gasteiger partial charge in [-0.05, 0) is 63.3 Å². The minimum Gasteiger partial charge on any atom is -0.389 e. The molecule has 7 heteroatoms. The standard InChI is InChI=1S/C27H53ClN4O2/c1-7-29-25-10-8-9-21(31-25)16-30-23(19(2)3)17-32-14-13-27(33,26(4,5)18-32)20-11-12-22(28)24(15-20)34-6/h19-25,29-31,33H,7-18H2,1-6H3/t20?,21?,22?,23-,24?,25?,27?/m0/s1. The van der Waals surface area contributed by atoms with E-state index in [1.54, 1.807) is 7.11 Å². The highest BCUT2D eigenvalue weighted by atomic mass is 35.5. The fourth-order valence-electron chi connectivity index (χ4n) is 6.80. The van der Waals surface area contributed by atoms with Gasteiger partial charge in [-0.1, -0.05) is 34.6 Å². The Morgan fingerprint density at radius 3 is 2.62 bits per heavy atom. The van der Waals surface area contributed by atoms with Crippen LogP contribution in [-0.2, 0) is 4.74 Å². The Bertz CT molecular complexity index is 619. The van der Waals surface area contributed by atoms with Gasteiger partial charge < -0.3 is 25.4 Å². The fraction of sp³-hybridized carbons (Fsp3) is 1.00. The van der Waals surface area contributed by atoms with Crippen molar-refractivity contribution in [2.24, 2.45) is 17.3 Å². The van der Waals surface area contributed by atoms with Crippen LogP contribution in [0.5, 0.6) is 0 Å². The summed E-state index contributed by atoms with van der Waals surface area (Å²) in [5, 5.41) is 23.3. The Morgan fingerprint density at radius 1 is 1.21 bits per heavy atom. The zero-order valence-electron chi connectivity index (χ0n) is 22.7. The van der Waals surface area contributed by atoms with Crippen LogP contribution in [0.15, 0.2) is 0 Å². The van der Waals surface area contributed by atoms with Gasteiger partial charge in [0.25, 0.3) is 0 Å². The maximum Gasteiger partial charge on any atom is 0.0751 e. The van der Waals surface area contributed by atoms with Crippen molar-refractivity contribution < 1.29 is 9.84 Å². The molecule has 3 fully saturated rings. The van der Waals surface area contributed by atoms with Gasteiger partial charge in [0.15, 0.2) is 0 Å². The van der Waals surface area contributed by atoms with E-state index in [0.29, 0.717) is 24.2 Å². The summed E-state index contributed by atoms with van der Waals surface area (Å²) in [4.78, 5) is 2.59. The number of nitrogens with zero attached hydrogens (tertiary/aromatic N) is 1. The molecule has 4 N–H and O–H groups in total. The molecular weight excluding hydrogens is 448 g/mol. The summed E-state index contributed by atoms with van der Waals surface area (Å²) in [5.41, 5.74) is -0.829. The van der Waals surface area contributed by atoms with Crippen molar-refractivity contribution in [2.45, 2.75) is 115 Å². The van der Waals surface area contributed by atoms with Crippen LogP contribution in [0.2, 0.25) is 0 Å². The molecule has 0 amide bonds. The van der Waals surface area contributed by atoms with Crippen molar-refractivity contribution in [3.05, 3.63) is 0 Å². The second-order valence-corrected chi connectivity index (χ2v) is 12.8. The van der Waals surface area contributed by atoms with E-state index >= 15 is 0 Å². The third-order valence-corrected chi connectivity index (χ3v) is 9.61. The number of nitrogens with one attached hydrogen (secondary N) is 3. The van der Waals surface area contributed by atoms with Crippen LogP contribution in [0.4, 0.5) is 0 Å². The maximum atomic E-state index is 12.0. The SMILES string of the molecule is CCNC1CCCC(CN[C@@H](CN2CCC(O)(C3CCC(Cl)C(OC)C3)C(C)(C)C2)C(C)C)N1. The molecule has 7 atom stereocenters. The van der Waals surface area contributed by atoms with Gasteiger partial charge in [-0.3, -0.25) is 5.32 Å². The van der Waals surface area contributed by atoms with E-state index in [4.69, 9.17) is 16.3 Å². The Morgan fingerprint density at radius 2 is 1.97 bits per heavy atom. The number of aliphatic hydroxyl groups is 1. The molecule has 3 aliphatic rings. The normalized spacial score (nSPS) is 38.2. The summed E-state index contributed by atoms with van der Waals surface area (Å²) in [7, 11) is 1.75. The second kappa shape index (κ2) is 12.5. The molecule has 1 saturated carbocycles. The number of ether oxygens (including phenoxy) is 1. The van der Waals surface area contributed by atoms with Gasteiger partial charge in [0, 0.05) is 50.8 Å². The number of halogens is 1. The molecule has 0 bridgehead atoms. The minimum atomic E-state index is -0.661. The quantitative estimate of drug-likeness (QED) is 0.344. The van der Waals surface area contributed by atoms with Crippen molar-refractivity contribution in [1.29, 1.82) is 0 Å². The van der Waals surface area contributed by atoms with E-state index in [-0.39, 0.29) is 22.8 Å². The van der Waals surface area contributed by atoms with Crippen LogP contribution in [0, 0.1) is 17.3 Å². The lowest BCUT2D eigenvalue weighted by atomic mass is 9.60. The Labute approximate surface area is 214 Å². The van der Waals surface area contributed by atoms with Gasteiger partial charge in [-0.2, -0.15) is 0 Å². The monoisotopic (exact) mass is 500 g/mol. The first-order chi connectivity index (χ1) is 16.1. The van der Waals surface area contributed by atoms with Crippen LogP contribution >= 0.6 is 11.6 Å². The topological polar surface area (TPSA) is 68.8 Å². The first-order valence-electron chi connectivity index (χ1n) is 13.9. The number of alkyl halides is 1. The van der Waals surface area contributed by atoms with Crippen molar-refractivity contribution in [2.75, 3.05) is 39.8 Å². The van der Waals surface area contributed by atoms with E-state index in [1.165, 1.54) is 19.3 Å².